The van der Waals surface area contributed by atoms with E-state index in [4.69, 9.17) is 46.4 Å². The van der Waals surface area contributed by atoms with Crippen molar-refractivity contribution in [3.8, 4) is 0 Å². The molecular formula is C22H14Cl4N2O4S2. The van der Waals surface area contributed by atoms with Crippen molar-refractivity contribution in [1.29, 1.82) is 0 Å². The summed E-state index contributed by atoms with van der Waals surface area (Å²) >= 11 is 24.7. The summed E-state index contributed by atoms with van der Waals surface area (Å²) in [5.41, 5.74) is 0.578. The number of rotatable bonds is 4. The Balaban J connectivity index is 1.85. The second-order valence-electron chi connectivity index (χ2n) is 7.16. The largest absolute Gasteiger partial charge is 0.282 e. The molecule has 0 aliphatic heterocycles. The van der Waals surface area contributed by atoms with Crippen molar-refractivity contribution in [1.82, 2.24) is 0 Å². The third-order valence-corrected chi connectivity index (χ3v) is 9.08. The van der Waals surface area contributed by atoms with Crippen LogP contribution in [0.15, 0.2) is 91.4 Å². The minimum absolute atomic E-state index is 0.0185. The molecule has 176 valence electrons. The fourth-order valence-electron chi connectivity index (χ4n) is 3.28. The van der Waals surface area contributed by atoms with E-state index in [9.17, 15) is 16.8 Å². The number of halogens is 4. The van der Waals surface area contributed by atoms with Gasteiger partial charge in [-0.1, -0.05) is 47.5 Å². The lowest BCUT2D eigenvalue weighted by atomic mass is 9.88. The molecule has 3 aromatic rings. The summed E-state index contributed by atoms with van der Waals surface area (Å²) in [4.78, 5) is -0.164. The van der Waals surface area contributed by atoms with Gasteiger partial charge in [-0.3, -0.25) is 0 Å². The molecule has 2 atom stereocenters. The van der Waals surface area contributed by atoms with E-state index in [0.29, 0.717) is 21.2 Å². The average molecular weight is 576 g/mol. The molecule has 6 nitrogen and oxygen atoms in total. The highest BCUT2D eigenvalue weighted by Gasteiger charge is 2.38. The summed E-state index contributed by atoms with van der Waals surface area (Å²) in [6.45, 7) is 0. The quantitative estimate of drug-likeness (QED) is 0.380. The first-order valence-electron chi connectivity index (χ1n) is 9.58. The SMILES string of the molecule is O=S(=O)(N=C1c2ccccc2C(=NS(=O)(=O)c2ccc(Cl)cc2)[C@@H](Cl)[C@@H]1Cl)c1ccc(Cl)cc1. The molecule has 12 heteroatoms. The Kier molecular flexibility index (Phi) is 7.11. The van der Waals surface area contributed by atoms with E-state index in [1.807, 2.05) is 0 Å². The van der Waals surface area contributed by atoms with E-state index in [1.54, 1.807) is 24.3 Å². The minimum atomic E-state index is -4.16. The Morgan fingerprint density at radius 2 is 0.882 bits per heavy atom. The number of fused-ring (bicyclic) bond motifs is 1. The normalized spacial score (nSPS) is 20.9. The third-order valence-electron chi connectivity index (χ3n) is 4.92. The van der Waals surface area contributed by atoms with Crippen LogP contribution in [0.4, 0.5) is 0 Å². The lowest BCUT2D eigenvalue weighted by Crippen LogP contribution is -2.40. The van der Waals surface area contributed by atoms with Crippen LogP contribution in [0.2, 0.25) is 10.0 Å². The topological polar surface area (TPSA) is 93.0 Å². The zero-order chi connectivity index (χ0) is 24.7. The number of sulfonamides is 2. The number of hydrogen-bond donors (Lipinski definition) is 0. The monoisotopic (exact) mass is 574 g/mol. The van der Waals surface area contributed by atoms with E-state index in [-0.39, 0.29) is 21.2 Å². The van der Waals surface area contributed by atoms with Gasteiger partial charge in [0.15, 0.2) is 0 Å². The standard InChI is InChI=1S/C22H14Cl4N2O4S2/c23-13-5-9-15(10-6-13)33(29,30)27-21-17-3-1-2-4-18(17)22(20(26)19(21)25)28-34(31,32)16-11-7-14(24)8-12-16/h1-12,19-20H/t19-,20-/m0/s1. The van der Waals surface area contributed by atoms with Crippen LogP contribution in [0.5, 0.6) is 0 Å². The highest BCUT2D eigenvalue weighted by molar-refractivity contribution is 7.90. The molecule has 0 fully saturated rings. The summed E-state index contributed by atoms with van der Waals surface area (Å²) in [6.07, 6.45) is 0. The van der Waals surface area contributed by atoms with Crippen molar-refractivity contribution in [2.24, 2.45) is 8.80 Å². The van der Waals surface area contributed by atoms with Crippen molar-refractivity contribution < 1.29 is 16.8 Å². The molecule has 0 radical (unpaired) electrons. The van der Waals surface area contributed by atoms with Crippen LogP contribution < -0.4 is 0 Å². The van der Waals surface area contributed by atoms with Gasteiger partial charge in [0, 0.05) is 21.2 Å². The molecule has 0 amide bonds. The molecule has 1 aliphatic rings. The lowest BCUT2D eigenvalue weighted by molar-refractivity contribution is 0.596. The molecule has 0 bridgehead atoms. The van der Waals surface area contributed by atoms with Crippen molar-refractivity contribution in [3.63, 3.8) is 0 Å². The van der Waals surface area contributed by atoms with Gasteiger partial charge in [0.25, 0.3) is 20.0 Å². The van der Waals surface area contributed by atoms with E-state index in [1.165, 1.54) is 48.5 Å². The summed E-state index contributed by atoms with van der Waals surface area (Å²) in [5, 5.41) is -1.63. The van der Waals surface area contributed by atoms with Crippen LogP contribution in [-0.2, 0) is 20.0 Å². The second kappa shape index (κ2) is 9.60. The Bertz CT molecular complexity index is 1400. The molecule has 0 aromatic heterocycles. The van der Waals surface area contributed by atoms with Crippen LogP contribution in [-0.4, -0.2) is 39.0 Å². The zero-order valence-corrected chi connectivity index (χ0v) is 21.6. The number of alkyl halides is 2. The Hall–Kier alpha value is -1.94. The zero-order valence-electron chi connectivity index (χ0n) is 16.9. The van der Waals surface area contributed by atoms with E-state index in [2.05, 4.69) is 8.80 Å². The van der Waals surface area contributed by atoms with E-state index < -0.39 is 30.8 Å². The molecule has 0 spiro atoms. The molecule has 0 N–H and O–H groups in total. The Labute approximate surface area is 217 Å². The van der Waals surface area contributed by atoms with Gasteiger partial charge in [0.05, 0.1) is 32.0 Å². The maximum absolute atomic E-state index is 12.9. The fraction of sp³-hybridized carbons (Fsp3) is 0.0909. The van der Waals surface area contributed by atoms with Gasteiger partial charge in [-0.05, 0) is 48.5 Å². The molecule has 0 saturated carbocycles. The second-order valence-corrected chi connectivity index (χ2v) is 12.2. The summed E-state index contributed by atoms with van der Waals surface area (Å²) in [5.74, 6) is 0. The predicted octanol–water partition coefficient (Wildman–Crippen LogP) is 5.58. The molecule has 4 rings (SSSR count). The molecule has 0 unspecified atom stereocenters. The summed E-state index contributed by atoms with van der Waals surface area (Å²) in [6, 6.07) is 17.5. The van der Waals surface area contributed by atoms with Crippen LogP contribution in [0.3, 0.4) is 0 Å². The first-order valence-corrected chi connectivity index (χ1v) is 14.1. The summed E-state index contributed by atoms with van der Waals surface area (Å²) < 4.78 is 59.6. The highest BCUT2D eigenvalue weighted by Crippen LogP contribution is 2.32. The maximum atomic E-state index is 12.9. The van der Waals surface area contributed by atoms with Gasteiger partial charge in [0.1, 0.15) is 0 Å². The van der Waals surface area contributed by atoms with Crippen LogP contribution in [0.1, 0.15) is 11.1 Å². The van der Waals surface area contributed by atoms with Crippen molar-refractivity contribution in [2.75, 3.05) is 0 Å². The van der Waals surface area contributed by atoms with Gasteiger partial charge in [-0.25, -0.2) is 0 Å². The summed E-state index contributed by atoms with van der Waals surface area (Å²) in [7, 11) is -8.32. The van der Waals surface area contributed by atoms with Crippen LogP contribution in [0, 0.1) is 0 Å². The molecular weight excluding hydrogens is 562 g/mol. The van der Waals surface area contributed by atoms with Gasteiger partial charge in [-0.2, -0.15) is 25.6 Å². The molecule has 1 aliphatic carbocycles. The average Bonchev–Trinajstić information content (AvgIpc) is 2.80. The van der Waals surface area contributed by atoms with Crippen LogP contribution in [0.25, 0.3) is 0 Å². The van der Waals surface area contributed by atoms with Gasteiger partial charge >= 0.3 is 0 Å². The fourth-order valence-corrected chi connectivity index (χ4v) is 6.33. The molecule has 3 aromatic carbocycles. The first kappa shape index (κ1) is 25.2. The van der Waals surface area contributed by atoms with Crippen LogP contribution >= 0.6 is 46.4 Å². The Morgan fingerprint density at radius 1 is 0.559 bits per heavy atom. The van der Waals surface area contributed by atoms with Crippen molar-refractivity contribution in [2.45, 2.75) is 20.5 Å². The van der Waals surface area contributed by atoms with Gasteiger partial charge < -0.3 is 0 Å². The number of nitrogens with zero attached hydrogens (tertiary/aromatic N) is 2. The Morgan fingerprint density at radius 3 is 1.21 bits per heavy atom. The van der Waals surface area contributed by atoms with E-state index in [0.717, 1.165) is 0 Å². The van der Waals surface area contributed by atoms with E-state index >= 15 is 0 Å². The van der Waals surface area contributed by atoms with Crippen molar-refractivity contribution in [3.05, 3.63) is 94.0 Å². The number of hydrogen-bond acceptors (Lipinski definition) is 4. The third kappa shape index (κ3) is 5.03. The minimum Gasteiger partial charge on any atom is -0.199 e. The molecule has 0 saturated heterocycles. The predicted molar refractivity (Wildman–Crippen MR) is 136 cm³/mol. The van der Waals surface area contributed by atoms with Gasteiger partial charge in [-0.15, -0.1) is 23.2 Å². The highest BCUT2D eigenvalue weighted by atomic mass is 35.5. The lowest BCUT2D eigenvalue weighted by Gasteiger charge is -2.28. The molecule has 0 heterocycles. The molecule has 34 heavy (non-hydrogen) atoms. The maximum Gasteiger partial charge on any atom is 0.282 e. The number of benzene rings is 3. The van der Waals surface area contributed by atoms with Gasteiger partial charge in [0.2, 0.25) is 0 Å². The smallest absolute Gasteiger partial charge is 0.199 e. The van der Waals surface area contributed by atoms with Crippen molar-refractivity contribution >= 4 is 77.9 Å². The first-order chi connectivity index (χ1) is 16.0.